The highest BCUT2D eigenvalue weighted by molar-refractivity contribution is 5.30. The summed E-state index contributed by atoms with van der Waals surface area (Å²) in [4.78, 5) is 4.46. The Balaban J connectivity index is 2.39. The minimum atomic E-state index is 0.669. The van der Waals surface area contributed by atoms with E-state index >= 15 is 0 Å². The average Bonchev–Trinajstić information content (AvgIpc) is 2.18. The summed E-state index contributed by atoms with van der Waals surface area (Å²) >= 11 is 0. The summed E-state index contributed by atoms with van der Waals surface area (Å²) < 4.78 is 5.10. The van der Waals surface area contributed by atoms with Crippen LogP contribution in [0.1, 0.15) is 36.9 Å². The van der Waals surface area contributed by atoms with E-state index in [4.69, 9.17) is 4.74 Å². The van der Waals surface area contributed by atoms with Gasteiger partial charge in [-0.25, -0.2) is 4.98 Å². The van der Waals surface area contributed by atoms with E-state index in [9.17, 15) is 0 Å². The second kappa shape index (κ2) is 3.36. The van der Waals surface area contributed by atoms with Gasteiger partial charge in [0.05, 0.1) is 7.11 Å². The molecule has 70 valence electrons. The highest BCUT2D eigenvalue weighted by Gasteiger charge is 2.17. The summed E-state index contributed by atoms with van der Waals surface area (Å²) in [6.45, 7) is 2.27. The third kappa shape index (κ3) is 1.53. The number of methoxy groups -OCH3 is 1. The monoisotopic (exact) mass is 177 g/mol. The first-order valence-electron chi connectivity index (χ1n) is 4.85. The molecule has 0 spiro atoms. The number of fused-ring (bicyclic) bond motifs is 1. The van der Waals surface area contributed by atoms with Gasteiger partial charge in [0.15, 0.2) is 0 Å². The van der Waals surface area contributed by atoms with Crippen molar-refractivity contribution in [3.63, 3.8) is 0 Å². The van der Waals surface area contributed by atoms with Crippen LogP contribution in [0, 0.1) is 0 Å². The van der Waals surface area contributed by atoms with Crippen molar-refractivity contribution in [3.05, 3.63) is 23.4 Å². The predicted octanol–water partition coefficient (Wildman–Crippen LogP) is 2.53. The maximum atomic E-state index is 5.10. The van der Waals surface area contributed by atoms with Gasteiger partial charge < -0.3 is 4.74 Å². The molecule has 1 atom stereocenters. The highest BCUT2D eigenvalue weighted by Crippen LogP contribution is 2.30. The number of rotatable bonds is 1. The van der Waals surface area contributed by atoms with Gasteiger partial charge in [-0.1, -0.05) is 13.0 Å². The molecule has 0 aliphatic heterocycles. The number of hydrogen-bond donors (Lipinski definition) is 0. The molecule has 13 heavy (non-hydrogen) atoms. The van der Waals surface area contributed by atoms with Crippen molar-refractivity contribution in [2.24, 2.45) is 0 Å². The van der Waals surface area contributed by atoms with Crippen molar-refractivity contribution in [1.29, 1.82) is 0 Å². The van der Waals surface area contributed by atoms with Crippen LogP contribution in [-0.2, 0) is 6.42 Å². The average molecular weight is 177 g/mol. The molecule has 1 aliphatic rings. The lowest BCUT2D eigenvalue weighted by Gasteiger charge is -2.21. The first-order chi connectivity index (χ1) is 6.31. The molecule has 0 fully saturated rings. The van der Waals surface area contributed by atoms with Crippen LogP contribution in [0.15, 0.2) is 12.1 Å². The van der Waals surface area contributed by atoms with E-state index in [-0.39, 0.29) is 0 Å². The third-order valence-corrected chi connectivity index (χ3v) is 2.77. The van der Waals surface area contributed by atoms with E-state index in [2.05, 4.69) is 18.0 Å². The van der Waals surface area contributed by atoms with Crippen molar-refractivity contribution in [2.75, 3.05) is 7.11 Å². The Morgan fingerprint density at radius 2 is 2.31 bits per heavy atom. The molecular formula is C11H15NO. The normalized spacial score (nSPS) is 20.9. The van der Waals surface area contributed by atoms with E-state index in [1.165, 1.54) is 24.1 Å². The summed E-state index contributed by atoms with van der Waals surface area (Å²) in [5, 5.41) is 0. The molecule has 0 saturated carbocycles. The van der Waals surface area contributed by atoms with E-state index in [1.54, 1.807) is 7.11 Å². The molecule has 1 aromatic rings. The van der Waals surface area contributed by atoms with E-state index < -0.39 is 0 Å². The van der Waals surface area contributed by atoms with Crippen LogP contribution < -0.4 is 4.74 Å². The Morgan fingerprint density at radius 3 is 3.08 bits per heavy atom. The van der Waals surface area contributed by atoms with Crippen molar-refractivity contribution in [1.82, 2.24) is 4.98 Å². The van der Waals surface area contributed by atoms with Crippen LogP contribution in [0.3, 0.4) is 0 Å². The molecule has 0 bridgehead atoms. The van der Waals surface area contributed by atoms with Gasteiger partial charge in [0.2, 0.25) is 5.88 Å². The number of pyridine rings is 1. The lowest BCUT2D eigenvalue weighted by Crippen LogP contribution is -2.09. The fraction of sp³-hybridized carbons (Fsp3) is 0.545. The molecule has 0 unspecified atom stereocenters. The van der Waals surface area contributed by atoms with E-state index in [0.29, 0.717) is 5.92 Å². The summed E-state index contributed by atoms with van der Waals surface area (Å²) in [5.41, 5.74) is 2.64. The Kier molecular flexibility index (Phi) is 2.21. The first-order valence-corrected chi connectivity index (χ1v) is 4.85. The lowest BCUT2D eigenvalue weighted by atomic mass is 9.87. The molecule has 1 aromatic heterocycles. The predicted molar refractivity (Wildman–Crippen MR) is 52.1 cm³/mol. The SMILES string of the molecule is COc1ccc2c(n1)CCC[C@@H]2C. The van der Waals surface area contributed by atoms with Crippen LogP contribution in [0.4, 0.5) is 0 Å². The summed E-state index contributed by atoms with van der Waals surface area (Å²) in [7, 11) is 1.67. The fourth-order valence-corrected chi connectivity index (χ4v) is 1.99. The number of hydrogen-bond acceptors (Lipinski definition) is 2. The smallest absolute Gasteiger partial charge is 0.213 e. The zero-order chi connectivity index (χ0) is 9.26. The zero-order valence-corrected chi connectivity index (χ0v) is 8.21. The van der Waals surface area contributed by atoms with Crippen LogP contribution in [0.2, 0.25) is 0 Å². The highest BCUT2D eigenvalue weighted by atomic mass is 16.5. The zero-order valence-electron chi connectivity index (χ0n) is 8.21. The summed E-state index contributed by atoms with van der Waals surface area (Å²) in [5.74, 6) is 1.41. The maximum absolute atomic E-state index is 5.10. The maximum Gasteiger partial charge on any atom is 0.213 e. The van der Waals surface area contributed by atoms with Crippen molar-refractivity contribution < 1.29 is 4.74 Å². The molecule has 2 nitrogen and oxygen atoms in total. The summed E-state index contributed by atoms with van der Waals surface area (Å²) in [6.07, 6.45) is 3.66. The molecule has 1 aliphatic carbocycles. The van der Waals surface area contributed by atoms with Gasteiger partial charge in [-0.15, -0.1) is 0 Å². The topological polar surface area (TPSA) is 22.1 Å². The number of aromatic nitrogens is 1. The quantitative estimate of drug-likeness (QED) is 0.657. The van der Waals surface area contributed by atoms with E-state index in [0.717, 1.165) is 12.3 Å². The first kappa shape index (κ1) is 8.54. The minimum absolute atomic E-state index is 0.669. The fourth-order valence-electron chi connectivity index (χ4n) is 1.99. The molecule has 2 rings (SSSR count). The van der Waals surface area contributed by atoms with Crippen LogP contribution >= 0.6 is 0 Å². The van der Waals surface area contributed by atoms with Gasteiger partial charge >= 0.3 is 0 Å². The van der Waals surface area contributed by atoms with Crippen molar-refractivity contribution in [2.45, 2.75) is 32.1 Å². The molecule has 0 aromatic carbocycles. The Hall–Kier alpha value is -1.05. The summed E-state index contributed by atoms with van der Waals surface area (Å²) in [6, 6.07) is 4.12. The standard InChI is InChI=1S/C11H15NO/c1-8-4-3-5-10-9(8)6-7-11(12-10)13-2/h6-8H,3-5H2,1-2H3/t8-/m0/s1. The third-order valence-electron chi connectivity index (χ3n) is 2.77. The van der Waals surface area contributed by atoms with Gasteiger partial charge in [-0.3, -0.25) is 0 Å². The number of nitrogens with zero attached hydrogens (tertiary/aromatic N) is 1. The lowest BCUT2D eigenvalue weighted by molar-refractivity contribution is 0.394. The Morgan fingerprint density at radius 1 is 1.46 bits per heavy atom. The molecule has 2 heteroatoms. The largest absolute Gasteiger partial charge is 0.481 e. The van der Waals surface area contributed by atoms with E-state index in [1.807, 2.05) is 6.07 Å². The second-order valence-corrected chi connectivity index (χ2v) is 3.68. The van der Waals surface area contributed by atoms with Gasteiger partial charge in [0.1, 0.15) is 0 Å². The van der Waals surface area contributed by atoms with Gasteiger partial charge in [-0.2, -0.15) is 0 Å². The van der Waals surface area contributed by atoms with Crippen molar-refractivity contribution in [3.8, 4) is 5.88 Å². The molecule has 0 radical (unpaired) electrons. The van der Waals surface area contributed by atoms with Gasteiger partial charge in [0, 0.05) is 11.8 Å². The molecular weight excluding hydrogens is 162 g/mol. The van der Waals surface area contributed by atoms with Gasteiger partial charge in [-0.05, 0) is 30.7 Å². The Labute approximate surface area is 78.9 Å². The van der Waals surface area contributed by atoms with Gasteiger partial charge in [0.25, 0.3) is 0 Å². The number of ether oxygens (including phenoxy) is 1. The molecule has 0 amide bonds. The molecule has 1 heterocycles. The van der Waals surface area contributed by atoms with Crippen LogP contribution in [0.25, 0.3) is 0 Å². The Bertz CT molecular complexity index is 309. The minimum Gasteiger partial charge on any atom is -0.481 e. The van der Waals surface area contributed by atoms with Crippen molar-refractivity contribution >= 4 is 0 Å². The molecule has 0 N–H and O–H groups in total. The molecule has 0 saturated heterocycles. The second-order valence-electron chi connectivity index (χ2n) is 3.68. The van der Waals surface area contributed by atoms with Crippen LogP contribution in [-0.4, -0.2) is 12.1 Å². The number of aryl methyl sites for hydroxylation is 1. The van der Waals surface area contributed by atoms with Crippen LogP contribution in [0.5, 0.6) is 5.88 Å².